The third-order valence-electron chi connectivity index (χ3n) is 2.47. The third-order valence-corrected chi connectivity index (χ3v) is 2.47. The Morgan fingerprint density at radius 1 is 1.40 bits per heavy atom. The first-order chi connectivity index (χ1) is 9.29. The van der Waals surface area contributed by atoms with Crippen LogP contribution in [0.2, 0.25) is 0 Å². The van der Waals surface area contributed by atoms with Gasteiger partial charge in [-0.1, -0.05) is 0 Å². The van der Waals surface area contributed by atoms with Crippen LogP contribution in [0.25, 0.3) is 0 Å². The number of carbonyl (C=O) groups excluding carboxylic acids is 1. The van der Waals surface area contributed by atoms with Gasteiger partial charge in [0.2, 0.25) is 0 Å². The normalized spacial score (nSPS) is 12.1. The molecule has 0 radical (unpaired) electrons. The number of likely N-dealkylation sites (N-methyl/N-ethyl adjacent to an activating group) is 1. The minimum atomic E-state index is -1.35. The van der Waals surface area contributed by atoms with Crippen molar-refractivity contribution in [1.29, 1.82) is 0 Å². The third kappa shape index (κ3) is 4.85. The van der Waals surface area contributed by atoms with Gasteiger partial charge >= 0.3 is 12.0 Å². The summed E-state index contributed by atoms with van der Waals surface area (Å²) in [4.78, 5) is 24.2. The molecule has 0 bridgehead atoms. The van der Waals surface area contributed by atoms with Gasteiger partial charge < -0.3 is 20.6 Å². The van der Waals surface area contributed by atoms with E-state index in [2.05, 4.69) is 10.6 Å². The number of nitrogens with one attached hydrogen (secondary N) is 2. The number of amides is 2. The summed E-state index contributed by atoms with van der Waals surface area (Å²) in [5.41, 5.74) is -0.237. The molecule has 0 aromatic heterocycles. The van der Waals surface area contributed by atoms with Crippen LogP contribution < -0.4 is 10.6 Å². The summed E-state index contributed by atoms with van der Waals surface area (Å²) in [5, 5.41) is 13.8. The number of carbonyl (C=O) groups is 2. The van der Waals surface area contributed by atoms with Crippen LogP contribution in [0.5, 0.6) is 0 Å². The van der Waals surface area contributed by atoms with Gasteiger partial charge in [-0.3, -0.25) is 0 Å². The van der Waals surface area contributed by atoms with Crippen LogP contribution in [-0.4, -0.2) is 48.7 Å². The van der Waals surface area contributed by atoms with Gasteiger partial charge in [0.05, 0.1) is 5.56 Å². The van der Waals surface area contributed by atoms with Crippen molar-refractivity contribution < 1.29 is 19.1 Å². The van der Waals surface area contributed by atoms with E-state index >= 15 is 0 Å². The minimum absolute atomic E-state index is 0.0758. The second-order valence-electron chi connectivity index (χ2n) is 4.76. The number of halogens is 1. The maximum atomic E-state index is 13.4. The zero-order valence-corrected chi connectivity index (χ0v) is 11.6. The van der Waals surface area contributed by atoms with Crippen LogP contribution in [0.15, 0.2) is 18.2 Å². The number of hydrogen-bond acceptors (Lipinski definition) is 3. The van der Waals surface area contributed by atoms with Gasteiger partial charge in [-0.25, -0.2) is 14.0 Å². The SMILES string of the molecule is CC(CN(C)C)NC(=O)Nc1ccc(C(=O)O)c(F)c1. The van der Waals surface area contributed by atoms with Crippen molar-refractivity contribution in [3.63, 3.8) is 0 Å². The van der Waals surface area contributed by atoms with Gasteiger partial charge in [-0.2, -0.15) is 0 Å². The summed E-state index contributed by atoms with van der Waals surface area (Å²) < 4.78 is 13.4. The molecule has 20 heavy (non-hydrogen) atoms. The van der Waals surface area contributed by atoms with Crippen molar-refractivity contribution in [3.8, 4) is 0 Å². The standard InChI is InChI=1S/C13H18FN3O3/c1-8(7-17(2)3)15-13(20)16-9-4-5-10(12(18)19)11(14)6-9/h4-6,8H,7H2,1-3H3,(H,18,19)(H2,15,16,20). The number of benzene rings is 1. The molecule has 110 valence electrons. The fourth-order valence-corrected chi connectivity index (χ4v) is 1.75. The summed E-state index contributed by atoms with van der Waals surface area (Å²) >= 11 is 0. The molecule has 0 aliphatic carbocycles. The van der Waals surface area contributed by atoms with Crippen LogP contribution in [-0.2, 0) is 0 Å². The highest BCUT2D eigenvalue weighted by Crippen LogP contribution is 2.14. The Kier molecular flexibility index (Phi) is 5.45. The summed E-state index contributed by atoms with van der Waals surface area (Å²) in [7, 11) is 3.77. The van der Waals surface area contributed by atoms with Gasteiger partial charge in [-0.15, -0.1) is 0 Å². The zero-order valence-electron chi connectivity index (χ0n) is 11.6. The highest BCUT2D eigenvalue weighted by atomic mass is 19.1. The fraction of sp³-hybridized carbons (Fsp3) is 0.385. The molecule has 0 spiro atoms. The van der Waals surface area contributed by atoms with Gasteiger partial charge in [0.15, 0.2) is 0 Å². The molecule has 0 fully saturated rings. The van der Waals surface area contributed by atoms with E-state index in [1.807, 2.05) is 25.9 Å². The van der Waals surface area contributed by atoms with E-state index < -0.39 is 23.4 Å². The molecule has 1 aromatic rings. The van der Waals surface area contributed by atoms with Crippen molar-refractivity contribution in [2.75, 3.05) is 26.0 Å². The molecule has 0 saturated heterocycles. The lowest BCUT2D eigenvalue weighted by Gasteiger charge is -2.18. The van der Waals surface area contributed by atoms with Gasteiger partial charge in [0, 0.05) is 18.3 Å². The first-order valence-electron chi connectivity index (χ1n) is 6.04. The van der Waals surface area contributed by atoms with Crippen molar-refractivity contribution >= 4 is 17.7 Å². The maximum absolute atomic E-state index is 13.4. The van der Waals surface area contributed by atoms with Crippen molar-refractivity contribution in [3.05, 3.63) is 29.6 Å². The monoisotopic (exact) mass is 283 g/mol. The molecule has 1 rings (SSSR count). The number of anilines is 1. The summed E-state index contributed by atoms with van der Waals surface area (Å²) in [5.74, 6) is -2.24. The largest absolute Gasteiger partial charge is 0.478 e. The topological polar surface area (TPSA) is 81.7 Å². The predicted octanol–water partition coefficient (Wildman–Crippen LogP) is 1.60. The van der Waals surface area contributed by atoms with E-state index in [0.29, 0.717) is 6.54 Å². The number of rotatable bonds is 5. The summed E-state index contributed by atoms with van der Waals surface area (Å²) in [6.45, 7) is 2.51. The lowest BCUT2D eigenvalue weighted by atomic mass is 10.2. The molecule has 2 amide bonds. The molecule has 1 unspecified atom stereocenters. The number of nitrogens with zero attached hydrogens (tertiary/aromatic N) is 1. The molecule has 0 aliphatic rings. The fourth-order valence-electron chi connectivity index (χ4n) is 1.75. The van der Waals surface area contributed by atoms with Crippen LogP contribution in [0, 0.1) is 5.82 Å². The molecule has 6 nitrogen and oxygen atoms in total. The Morgan fingerprint density at radius 2 is 2.05 bits per heavy atom. The summed E-state index contributed by atoms with van der Waals surface area (Å²) in [6.07, 6.45) is 0. The zero-order chi connectivity index (χ0) is 15.3. The van der Waals surface area contributed by atoms with E-state index in [1.165, 1.54) is 6.07 Å². The van der Waals surface area contributed by atoms with Gasteiger partial charge in [-0.05, 0) is 39.2 Å². The molecule has 0 aliphatic heterocycles. The number of hydrogen-bond donors (Lipinski definition) is 3. The van der Waals surface area contributed by atoms with Gasteiger partial charge in [0.1, 0.15) is 5.82 Å². The first kappa shape index (κ1) is 15.9. The first-order valence-corrected chi connectivity index (χ1v) is 6.04. The van der Waals surface area contributed by atoms with Crippen LogP contribution >= 0.6 is 0 Å². The average Bonchev–Trinajstić information content (AvgIpc) is 2.26. The number of aromatic carboxylic acids is 1. The maximum Gasteiger partial charge on any atom is 0.338 e. The Hall–Kier alpha value is -2.15. The lowest BCUT2D eigenvalue weighted by molar-refractivity contribution is 0.0692. The quantitative estimate of drug-likeness (QED) is 0.766. The highest BCUT2D eigenvalue weighted by molar-refractivity contribution is 5.91. The Balaban J connectivity index is 2.63. The second kappa shape index (κ2) is 6.85. The predicted molar refractivity (Wildman–Crippen MR) is 73.5 cm³/mol. The van der Waals surface area contributed by atoms with Crippen molar-refractivity contribution in [1.82, 2.24) is 10.2 Å². The number of carboxylic acid groups (broad SMARTS) is 1. The molecule has 0 saturated carbocycles. The molecule has 7 heteroatoms. The van der Waals surface area contributed by atoms with Crippen LogP contribution in [0.1, 0.15) is 17.3 Å². The van der Waals surface area contributed by atoms with E-state index in [0.717, 1.165) is 12.1 Å². The second-order valence-corrected chi connectivity index (χ2v) is 4.76. The van der Waals surface area contributed by atoms with Crippen LogP contribution in [0.4, 0.5) is 14.9 Å². The minimum Gasteiger partial charge on any atom is -0.478 e. The summed E-state index contributed by atoms with van der Waals surface area (Å²) in [6, 6.07) is 2.87. The van der Waals surface area contributed by atoms with E-state index in [1.54, 1.807) is 0 Å². The molecular weight excluding hydrogens is 265 g/mol. The molecule has 1 aromatic carbocycles. The van der Waals surface area contributed by atoms with E-state index in [-0.39, 0.29) is 11.7 Å². The number of urea groups is 1. The molecule has 1 atom stereocenters. The van der Waals surface area contributed by atoms with E-state index in [9.17, 15) is 14.0 Å². The number of carboxylic acids is 1. The average molecular weight is 283 g/mol. The molecular formula is C13H18FN3O3. The highest BCUT2D eigenvalue weighted by Gasteiger charge is 2.12. The molecule has 0 heterocycles. The Bertz CT molecular complexity index is 506. The Labute approximate surface area is 116 Å². The van der Waals surface area contributed by atoms with Crippen molar-refractivity contribution in [2.24, 2.45) is 0 Å². The van der Waals surface area contributed by atoms with Crippen molar-refractivity contribution in [2.45, 2.75) is 13.0 Å². The van der Waals surface area contributed by atoms with Gasteiger partial charge in [0.25, 0.3) is 0 Å². The Morgan fingerprint density at radius 3 is 2.55 bits per heavy atom. The van der Waals surface area contributed by atoms with E-state index in [4.69, 9.17) is 5.11 Å². The smallest absolute Gasteiger partial charge is 0.338 e. The molecule has 3 N–H and O–H groups in total. The van der Waals surface area contributed by atoms with Crippen LogP contribution in [0.3, 0.4) is 0 Å². The lowest BCUT2D eigenvalue weighted by Crippen LogP contribution is -2.41.